The van der Waals surface area contributed by atoms with Crippen LogP contribution in [0.4, 0.5) is 4.79 Å². The van der Waals surface area contributed by atoms with E-state index in [-0.39, 0.29) is 17.9 Å². The molecule has 0 saturated carbocycles. The molecule has 138 valence electrons. The zero-order chi connectivity index (χ0) is 18.9. The van der Waals surface area contributed by atoms with E-state index >= 15 is 0 Å². The number of amides is 3. The SMILES string of the molecule is CCNC(=O)NC(=O)COC(=O)CCNS(=O)(=O)c1ccc(C)cc1. The van der Waals surface area contributed by atoms with Crippen molar-refractivity contribution in [1.82, 2.24) is 15.4 Å². The third kappa shape index (κ3) is 7.77. The number of esters is 1. The Bertz CT molecular complexity index is 715. The van der Waals surface area contributed by atoms with Gasteiger partial charge in [-0.3, -0.25) is 14.9 Å². The highest BCUT2D eigenvalue weighted by atomic mass is 32.2. The lowest BCUT2D eigenvalue weighted by molar-refractivity contribution is -0.148. The first kappa shape index (κ1) is 20.6. The van der Waals surface area contributed by atoms with Crippen LogP contribution in [0.25, 0.3) is 0 Å². The van der Waals surface area contributed by atoms with Crippen LogP contribution in [0.2, 0.25) is 0 Å². The number of sulfonamides is 1. The van der Waals surface area contributed by atoms with Gasteiger partial charge in [-0.15, -0.1) is 0 Å². The molecule has 0 atom stereocenters. The first-order valence-electron chi connectivity index (χ1n) is 7.54. The number of urea groups is 1. The Labute approximate surface area is 146 Å². The molecule has 1 aromatic rings. The molecule has 1 aromatic carbocycles. The van der Waals surface area contributed by atoms with E-state index in [1.165, 1.54) is 12.1 Å². The lowest BCUT2D eigenvalue weighted by Gasteiger charge is -2.08. The van der Waals surface area contributed by atoms with Crippen molar-refractivity contribution in [1.29, 1.82) is 0 Å². The number of imide groups is 1. The Balaban J connectivity index is 2.33. The largest absolute Gasteiger partial charge is 0.456 e. The minimum absolute atomic E-state index is 0.0905. The summed E-state index contributed by atoms with van der Waals surface area (Å²) in [5.74, 6) is -1.54. The molecule has 3 N–H and O–H groups in total. The van der Waals surface area contributed by atoms with Crippen molar-refractivity contribution in [2.75, 3.05) is 19.7 Å². The zero-order valence-electron chi connectivity index (χ0n) is 14.0. The molecule has 0 heterocycles. The standard InChI is InChI=1S/C15H21N3O6S/c1-3-16-15(21)18-13(19)10-24-14(20)8-9-17-25(22,23)12-6-4-11(2)5-7-12/h4-7,17H,3,8-10H2,1-2H3,(H2,16,18,19,21). The molecular weight excluding hydrogens is 350 g/mol. The van der Waals surface area contributed by atoms with Crippen LogP contribution in [0.3, 0.4) is 0 Å². The Morgan fingerprint density at radius 2 is 1.76 bits per heavy atom. The second-order valence-corrected chi connectivity index (χ2v) is 6.80. The van der Waals surface area contributed by atoms with Gasteiger partial charge in [-0.05, 0) is 26.0 Å². The first-order chi connectivity index (χ1) is 11.7. The summed E-state index contributed by atoms with van der Waals surface area (Å²) in [6.07, 6.45) is -0.250. The van der Waals surface area contributed by atoms with Gasteiger partial charge in [0.25, 0.3) is 5.91 Å². The molecule has 0 aliphatic rings. The maximum Gasteiger partial charge on any atom is 0.321 e. The molecule has 1 rings (SSSR count). The van der Waals surface area contributed by atoms with Crippen molar-refractivity contribution in [2.24, 2.45) is 0 Å². The summed E-state index contributed by atoms with van der Waals surface area (Å²) in [6.45, 7) is 3.07. The molecule has 0 unspecified atom stereocenters. The predicted octanol–water partition coefficient (Wildman–Crippen LogP) is 0.0523. The highest BCUT2D eigenvalue weighted by Gasteiger charge is 2.15. The molecule has 9 nitrogen and oxygen atoms in total. The molecule has 3 amide bonds. The summed E-state index contributed by atoms with van der Waals surface area (Å²) in [5.41, 5.74) is 0.924. The number of ether oxygens (including phenoxy) is 1. The number of rotatable bonds is 8. The van der Waals surface area contributed by atoms with Gasteiger partial charge in [0.05, 0.1) is 11.3 Å². The average molecular weight is 371 g/mol. The normalized spacial score (nSPS) is 10.8. The van der Waals surface area contributed by atoms with Gasteiger partial charge in [-0.25, -0.2) is 17.9 Å². The van der Waals surface area contributed by atoms with Crippen LogP contribution < -0.4 is 15.4 Å². The molecule has 25 heavy (non-hydrogen) atoms. The van der Waals surface area contributed by atoms with Crippen molar-refractivity contribution in [3.63, 3.8) is 0 Å². The van der Waals surface area contributed by atoms with Gasteiger partial charge in [-0.2, -0.15) is 0 Å². The Morgan fingerprint density at radius 3 is 2.36 bits per heavy atom. The predicted molar refractivity (Wildman–Crippen MR) is 89.2 cm³/mol. The molecule has 0 radical (unpaired) electrons. The minimum atomic E-state index is -3.72. The van der Waals surface area contributed by atoms with E-state index < -0.39 is 34.5 Å². The van der Waals surface area contributed by atoms with Gasteiger partial charge in [0.1, 0.15) is 0 Å². The van der Waals surface area contributed by atoms with E-state index in [2.05, 4.69) is 14.8 Å². The summed E-state index contributed by atoms with van der Waals surface area (Å²) in [4.78, 5) is 34.0. The van der Waals surface area contributed by atoms with Gasteiger partial charge < -0.3 is 10.1 Å². The second-order valence-electron chi connectivity index (χ2n) is 5.03. The van der Waals surface area contributed by atoms with Crippen LogP contribution in [0.15, 0.2) is 29.2 Å². The molecule has 10 heteroatoms. The Hall–Kier alpha value is -2.46. The van der Waals surface area contributed by atoms with E-state index in [0.717, 1.165) is 5.56 Å². The van der Waals surface area contributed by atoms with Gasteiger partial charge in [0.15, 0.2) is 6.61 Å². The molecule has 0 aliphatic carbocycles. The molecule has 0 fully saturated rings. The second kappa shape index (κ2) is 9.74. The van der Waals surface area contributed by atoms with Crippen LogP contribution in [0.1, 0.15) is 18.9 Å². The van der Waals surface area contributed by atoms with E-state index in [9.17, 15) is 22.8 Å². The Kier molecular flexibility index (Phi) is 8.02. The summed E-state index contributed by atoms with van der Waals surface area (Å²) in [5, 5.41) is 4.31. The average Bonchev–Trinajstić information content (AvgIpc) is 2.53. The fourth-order valence-corrected chi connectivity index (χ4v) is 2.71. The zero-order valence-corrected chi connectivity index (χ0v) is 14.8. The van der Waals surface area contributed by atoms with Crippen molar-refractivity contribution >= 4 is 27.9 Å². The topological polar surface area (TPSA) is 131 Å². The number of hydrogen-bond acceptors (Lipinski definition) is 6. The summed E-state index contributed by atoms with van der Waals surface area (Å²) < 4.78 is 30.9. The van der Waals surface area contributed by atoms with Crippen LogP contribution >= 0.6 is 0 Å². The van der Waals surface area contributed by atoms with Crippen molar-refractivity contribution in [3.05, 3.63) is 29.8 Å². The van der Waals surface area contributed by atoms with Gasteiger partial charge >= 0.3 is 12.0 Å². The van der Waals surface area contributed by atoms with Gasteiger partial charge in [0, 0.05) is 13.1 Å². The van der Waals surface area contributed by atoms with Gasteiger partial charge in [-0.1, -0.05) is 17.7 Å². The van der Waals surface area contributed by atoms with Crippen molar-refractivity contribution < 1.29 is 27.5 Å². The van der Waals surface area contributed by atoms with Gasteiger partial charge in [0.2, 0.25) is 10.0 Å². The maximum atomic E-state index is 12.0. The van der Waals surface area contributed by atoms with Crippen LogP contribution in [-0.4, -0.2) is 46.0 Å². The smallest absolute Gasteiger partial charge is 0.321 e. The number of hydrogen-bond donors (Lipinski definition) is 3. The molecule has 0 bridgehead atoms. The maximum absolute atomic E-state index is 12.0. The highest BCUT2D eigenvalue weighted by Crippen LogP contribution is 2.09. The molecule has 0 saturated heterocycles. The molecule has 0 spiro atoms. The summed E-state index contributed by atoms with van der Waals surface area (Å²) >= 11 is 0. The fourth-order valence-electron chi connectivity index (χ4n) is 1.67. The Morgan fingerprint density at radius 1 is 1.12 bits per heavy atom. The van der Waals surface area contributed by atoms with Crippen LogP contribution in [-0.2, 0) is 24.3 Å². The lowest BCUT2D eigenvalue weighted by Crippen LogP contribution is -2.41. The third-order valence-corrected chi connectivity index (χ3v) is 4.38. The molecule has 0 aliphatic heterocycles. The first-order valence-corrected chi connectivity index (χ1v) is 9.02. The van der Waals surface area contributed by atoms with E-state index in [4.69, 9.17) is 0 Å². The number of benzene rings is 1. The summed E-state index contributed by atoms with van der Waals surface area (Å²) in [6, 6.07) is 5.56. The molecular formula is C15H21N3O6S. The van der Waals surface area contributed by atoms with E-state index in [0.29, 0.717) is 6.54 Å². The van der Waals surface area contributed by atoms with Crippen LogP contribution in [0.5, 0.6) is 0 Å². The van der Waals surface area contributed by atoms with Crippen molar-refractivity contribution in [3.8, 4) is 0 Å². The van der Waals surface area contributed by atoms with E-state index in [1.54, 1.807) is 19.1 Å². The number of carbonyl (C=O) groups excluding carboxylic acids is 3. The number of aryl methyl sites for hydroxylation is 1. The highest BCUT2D eigenvalue weighted by molar-refractivity contribution is 7.89. The fraction of sp³-hybridized carbons (Fsp3) is 0.400. The van der Waals surface area contributed by atoms with E-state index in [1.807, 2.05) is 12.2 Å². The minimum Gasteiger partial charge on any atom is -0.456 e. The number of carbonyl (C=O) groups is 3. The number of nitrogens with one attached hydrogen (secondary N) is 3. The third-order valence-electron chi connectivity index (χ3n) is 2.91. The van der Waals surface area contributed by atoms with Crippen molar-refractivity contribution in [2.45, 2.75) is 25.2 Å². The van der Waals surface area contributed by atoms with Crippen LogP contribution in [0, 0.1) is 6.92 Å². The monoisotopic (exact) mass is 371 g/mol. The summed E-state index contributed by atoms with van der Waals surface area (Å²) in [7, 11) is -3.72. The lowest BCUT2D eigenvalue weighted by atomic mass is 10.2. The molecule has 0 aromatic heterocycles. The quantitative estimate of drug-likeness (QED) is 0.554.